The van der Waals surface area contributed by atoms with Crippen LogP contribution in [0.4, 0.5) is 0 Å². The molecular weight excluding hydrogens is 136 g/mol. The zero-order chi connectivity index (χ0) is 8.53. The molecule has 0 fully saturated rings. The summed E-state index contributed by atoms with van der Waals surface area (Å²) in [6, 6.07) is 0. The van der Waals surface area contributed by atoms with Gasteiger partial charge in [0.1, 0.15) is 0 Å². The molecule has 0 aromatic heterocycles. The van der Waals surface area contributed by atoms with Crippen molar-refractivity contribution >= 4 is 0 Å². The van der Waals surface area contributed by atoms with Crippen LogP contribution in [-0.2, 0) is 0 Å². The van der Waals surface area contributed by atoms with Gasteiger partial charge in [0.25, 0.3) is 0 Å². The molecule has 0 aliphatic rings. The van der Waals surface area contributed by atoms with Crippen LogP contribution in [0.5, 0.6) is 0 Å². The van der Waals surface area contributed by atoms with Gasteiger partial charge >= 0.3 is 0 Å². The van der Waals surface area contributed by atoms with Crippen molar-refractivity contribution in [1.82, 2.24) is 10.6 Å². The molecule has 68 valence electrons. The summed E-state index contributed by atoms with van der Waals surface area (Å²) in [5.74, 6) is 0. The number of hydrogen-bond acceptors (Lipinski definition) is 2. The Morgan fingerprint density at radius 3 is 2.18 bits per heavy atom. The molecule has 0 radical (unpaired) electrons. The van der Waals surface area contributed by atoms with Crippen LogP contribution in [0.25, 0.3) is 0 Å². The van der Waals surface area contributed by atoms with Crippen LogP contribution < -0.4 is 10.6 Å². The monoisotopic (exact) mass is 158 g/mol. The Balaban J connectivity index is 3.34. The first-order chi connectivity index (χ1) is 5.35. The van der Waals surface area contributed by atoms with E-state index in [1.807, 2.05) is 0 Å². The predicted octanol–water partition coefficient (Wildman–Crippen LogP) is 1.72. The minimum Gasteiger partial charge on any atom is -0.302 e. The Labute approximate surface area is 70.8 Å². The fourth-order valence-corrected chi connectivity index (χ4v) is 1.13. The maximum absolute atomic E-state index is 3.46. The van der Waals surface area contributed by atoms with Crippen LogP contribution in [0, 0.1) is 0 Å². The third-order valence-electron chi connectivity index (χ3n) is 1.67. The first kappa shape index (κ1) is 10.9. The highest BCUT2D eigenvalue weighted by atomic mass is 15.1. The summed E-state index contributed by atoms with van der Waals surface area (Å²) in [6.45, 7) is 8.75. The lowest BCUT2D eigenvalue weighted by atomic mass is 10.2. The van der Waals surface area contributed by atoms with E-state index < -0.39 is 0 Å². The Kier molecular flexibility index (Phi) is 7.96. The zero-order valence-electron chi connectivity index (χ0n) is 8.11. The van der Waals surface area contributed by atoms with E-state index in [2.05, 4.69) is 31.4 Å². The number of hydrogen-bond donors (Lipinski definition) is 2. The van der Waals surface area contributed by atoms with E-state index in [0.717, 1.165) is 13.1 Å². The molecule has 0 spiro atoms. The van der Waals surface area contributed by atoms with Gasteiger partial charge in [0.2, 0.25) is 0 Å². The predicted molar refractivity (Wildman–Crippen MR) is 50.7 cm³/mol. The Hall–Kier alpha value is -0.0800. The smallest absolute Gasteiger partial charge is 0.0571 e. The van der Waals surface area contributed by atoms with Crippen LogP contribution in [-0.4, -0.2) is 19.3 Å². The van der Waals surface area contributed by atoms with Gasteiger partial charge in [-0.05, 0) is 25.9 Å². The van der Waals surface area contributed by atoms with Crippen molar-refractivity contribution in [3.63, 3.8) is 0 Å². The molecule has 2 N–H and O–H groups in total. The number of rotatable bonds is 7. The van der Waals surface area contributed by atoms with Crippen LogP contribution in [0.2, 0.25) is 0 Å². The molecule has 0 rings (SSSR count). The molecule has 0 saturated heterocycles. The third kappa shape index (κ3) is 6.32. The highest BCUT2D eigenvalue weighted by Crippen LogP contribution is 1.92. The molecular formula is C9H22N2. The van der Waals surface area contributed by atoms with Crippen molar-refractivity contribution in [2.75, 3.05) is 13.1 Å². The lowest BCUT2D eigenvalue weighted by Crippen LogP contribution is -2.42. The van der Waals surface area contributed by atoms with Crippen molar-refractivity contribution in [2.45, 2.75) is 46.2 Å². The molecule has 0 aromatic rings. The van der Waals surface area contributed by atoms with E-state index in [1.54, 1.807) is 0 Å². The van der Waals surface area contributed by atoms with E-state index in [0.29, 0.717) is 6.17 Å². The Bertz CT molecular complexity index is 68.0. The first-order valence-electron chi connectivity index (χ1n) is 4.81. The standard InChI is InChI=1S/C9H22N2/c1-4-7-9(10-6-3)11-8-5-2/h9-11H,4-8H2,1-3H3. The molecule has 0 aromatic carbocycles. The highest BCUT2D eigenvalue weighted by molar-refractivity contribution is 4.61. The summed E-state index contributed by atoms with van der Waals surface area (Å²) >= 11 is 0. The van der Waals surface area contributed by atoms with Crippen molar-refractivity contribution in [2.24, 2.45) is 0 Å². The van der Waals surface area contributed by atoms with Crippen LogP contribution in [0.3, 0.4) is 0 Å². The molecule has 2 nitrogen and oxygen atoms in total. The van der Waals surface area contributed by atoms with Gasteiger partial charge in [-0.25, -0.2) is 0 Å². The molecule has 2 heteroatoms. The van der Waals surface area contributed by atoms with Gasteiger partial charge < -0.3 is 10.6 Å². The minimum absolute atomic E-state index is 0.532. The molecule has 0 aliphatic carbocycles. The maximum atomic E-state index is 3.46. The van der Waals surface area contributed by atoms with E-state index >= 15 is 0 Å². The topological polar surface area (TPSA) is 24.1 Å². The first-order valence-corrected chi connectivity index (χ1v) is 4.81. The molecule has 0 saturated carbocycles. The lowest BCUT2D eigenvalue weighted by Gasteiger charge is -2.18. The lowest BCUT2D eigenvalue weighted by molar-refractivity contribution is 0.406. The molecule has 1 atom stereocenters. The fraction of sp³-hybridized carbons (Fsp3) is 1.00. The minimum atomic E-state index is 0.532. The van der Waals surface area contributed by atoms with Gasteiger partial charge in [-0.3, -0.25) is 0 Å². The average molecular weight is 158 g/mol. The summed E-state index contributed by atoms with van der Waals surface area (Å²) in [5.41, 5.74) is 0. The summed E-state index contributed by atoms with van der Waals surface area (Å²) in [4.78, 5) is 0. The van der Waals surface area contributed by atoms with Gasteiger partial charge in [0, 0.05) is 0 Å². The summed E-state index contributed by atoms with van der Waals surface area (Å²) in [5, 5.41) is 6.87. The molecule has 0 amide bonds. The molecule has 0 heterocycles. The van der Waals surface area contributed by atoms with Gasteiger partial charge in [-0.1, -0.05) is 27.2 Å². The van der Waals surface area contributed by atoms with Gasteiger partial charge in [0.05, 0.1) is 6.17 Å². The maximum Gasteiger partial charge on any atom is 0.0571 e. The molecule has 1 unspecified atom stereocenters. The van der Waals surface area contributed by atoms with E-state index in [1.165, 1.54) is 19.3 Å². The van der Waals surface area contributed by atoms with Crippen LogP contribution in [0.1, 0.15) is 40.0 Å². The summed E-state index contributed by atoms with van der Waals surface area (Å²) in [6.07, 6.45) is 4.22. The number of nitrogens with one attached hydrogen (secondary N) is 2. The average Bonchev–Trinajstić information content (AvgIpc) is 2.01. The third-order valence-corrected chi connectivity index (χ3v) is 1.67. The highest BCUT2D eigenvalue weighted by Gasteiger charge is 2.01. The Morgan fingerprint density at radius 1 is 1.00 bits per heavy atom. The van der Waals surface area contributed by atoms with Crippen molar-refractivity contribution in [1.29, 1.82) is 0 Å². The second-order valence-electron chi connectivity index (χ2n) is 2.85. The van der Waals surface area contributed by atoms with Crippen molar-refractivity contribution in [3.8, 4) is 0 Å². The van der Waals surface area contributed by atoms with Crippen molar-refractivity contribution < 1.29 is 0 Å². The summed E-state index contributed by atoms with van der Waals surface area (Å²) < 4.78 is 0. The summed E-state index contributed by atoms with van der Waals surface area (Å²) in [7, 11) is 0. The SMILES string of the molecule is CCCNC(CCC)NCC. The quantitative estimate of drug-likeness (QED) is 0.551. The van der Waals surface area contributed by atoms with Gasteiger partial charge in [-0.15, -0.1) is 0 Å². The van der Waals surface area contributed by atoms with Crippen molar-refractivity contribution in [3.05, 3.63) is 0 Å². The van der Waals surface area contributed by atoms with Crippen LogP contribution in [0.15, 0.2) is 0 Å². The van der Waals surface area contributed by atoms with E-state index in [9.17, 15) is 0 Å². The zero-order valence-corrected chi connectivity index (χ0v) is 8.11. The van der Waals surface area contributed by atoms with Gasteiger partial charge in [-0.2, -0.15) is 0 Å². The van der Waals surface area contributed by atoms with E-state index in [4.69, 9.17) is 0 Å². The van der Waals surface area contributed by atoms with Gasteiger partial charge in [0.15, 0.2) is 0 Å². The molecule has 0 bridgehead atoms. The Morgan fingerprint density at radius 2 is 1.73 bits per heavy atom. The normalized spacial score (nSPS) is 13.4. The van der Waals surface area contributed by atoms with E-state index in [-0.39, 0.29) is 0 Å². The largest absolute Gasteiger partial charge is 0.302 e. The molecule has 0 aliphatic heterocycles. The second-order valence-corrected chi connectivity index (χ2v) is 2.85. The van der Waals surface area contributed by atoms with Crippen LogP contribution >= 0.6 is 0 Å². The molecule has 11 heavy (non-hydrogen) atoms. The second kappa shape index (κ2) is 8.02. The fourth-order valence-electron chi connectivity index (χ4n) is 1.13.